The fourth-order valence-electron chi connectivity index (χ4n) is 2.83. The van der Waals surface area contributed by atoms with Gasteiger partial charge in [0.1, 0.15) is 11.8 Å². The van der Waals surface area contributed by atoms with Crippen molar-refractivity contribution in [2.24, 2.45) is 5.10 Å². The Hall–Kier alpha value is -2.48. The van der Waals surface area contributed by atoms with Crippen LogP contribution in [0.1, 0.15) is 30.9 Å². The molecule has 3 heterocycles. The monoisotopic (exact) mass is 332 g/mol. The average molecular weight is 332 g/mol. The topological polar surface area (TPSA) is 93.1 Å². The molecule has 1 aromatic rings. The molecule has 8 heteroatoms. The summed E-state index contributed by atoms with van der Waals surface area (Å²) in [5, 5.41) is 8.23. The predicted molar refractivity (Wildman–Crippen MR) is 85.5 cm³/mol. The maximum atomic E-state index is 12.4. The summed E-state index contributed by atoms with van der Waals surface area (Å²) in [6.07, 6.45) is 2.81. The molecule has 2 aliphatic heterocycles. The summed E-state index contributed by atoms with van der Waals surface area (Å²) in [5.74, 6) is 0.191. The smallest absolute Gasteiger partial charge is 0.267 e. The van der Waals surface area contributed by atoms with Crippen LogP contribution in [0.15, 0.2) is 23.4 Å². The maximum Gasteiger partial charge on any atom is 0.267 e. The zero-order valence-corrected chi connectivity index (χ0v) is 13.7. The van der Waals surface area contributed by atoms with Crippen LogP contribution in [-0.2, 0) is 14.3 Å². The molecule has 2 amide bonds. The average Bonchev–Trinajstić information content (AvgIpc) is 3.05. The summed E-state index contributed by atoms with van der Waals surface area (Å²) in [6.45, 7) is 0.562. The van der Waals surface area contributed by atoms with Crippen molar-refractivity contribution in [3.63, 3.8) is 0 Å². The molecule has 0 bridgehead atoms. The van der Waals surface area contributed by atoms with Gasteiger partial charge in [-0.2, -0.15) is 5.10 Å². The third kappa shape index (κ3) is 3.38. The van der Waals surface area contributed by atoms with Crippen molar-refractivity contribution in [1.82, 2.24) is 15.3 Å². The second-order valence-electron chi connectivity index (χ2n) is 5.76. The molecule has 2 atom stereocenters. The number of ether oxygens (including phenoxy) is 2. The molecule has 128 valence electrons. The second kappa shape index (κ2) is 6.96. The van der Waals surface area contributed by atoms with Gasteiger partial charge in [-0.25, -0.2) is 9.99 Å². The SMILES string of the molecule is COc1ccc([C@H]2OCC[C@@H]2NC(=O)C2=NN(C)C(=O)CC2)cn1. The third-order valence-electron chi connectivity index (χ3n) is 4.17. The van der Waals surface area contributed by atoms with E-state index in [2.05, 4.69) is 15.4 Å². The summed E-state index contributed by atoms with van der Waals surface area (Å²) in [4.78, 5) is 28.0. The van der Waals surface area contributed by atoms with E-state index in [1.54, 1.807) is 26.4 Å². The number of pyridine rings is 1. The fraction of sp³-hybridized carbons (Fsp3) is 0.500. The van der Waals surface area contributed by atoms with Crippen LogP contribution in [0.3, 0.4) is 0 Å². The van der Waals surface area contributed by atoms with Gasteiger partial charge in [0, 0.05) is 44.3 Å². The van der Waals surface area contributed by atoms with Crippen molar-refractivity contribution < 1.29 is 19.1 Å². The van der Waals surface area contributed by atoms with Gasteiger partial charge in [-0.3, -0.25) is 9.59 Å². The van der Waals surface area contributed by atoms with E-state index in [0.717, 1.165) is 5.56 Å². The Labute approximate surface area is 139 Å². The predicted octanol–water partition coefficient (Wildman–Crippen LogP) is 0.645. The van der Waals surface area contributed by atoms with E-state index in [-0.39, 0.29) is 24.0 Å². The van der Waals surface area contributed by atoms with Crippen LogP contribution in [0, 0.1) is 0 Å². The number of rotatable bonds is 4. The molecule has 0 spiro atoms. The summed E-state index contributed by atoms with van der Waals surface area (Å²) in [5.41, 5.74) is 1.26. The lowest BCUT2D eigenvalue weighted by atomic mass is 10.0. The summed E-state index contributed by atoms with van der Waals surface area (Å²) >= 11 is 0. The number of methoxy groups -OCH3 is 1. The summed E-state index contributed by atoms with van der Waals surface area (Å²) < 4.78 is 10.8. The fourth-order valence-corrected chi connectivity index (χ4v) is 2.83. The highest BCUT2D eigenvalue weighted by Crippen LogP contribution is 2.29. The first-order valence-electron chi connectivity index (χ1n) is 7.85. The number of nitrogens with zero attached hydrogens (tertiary/aromatic N) is 3. The minimum atomic E-state index is -0.254. The van der Waals surface area contributed by atoms with Crippen LogP contribution < -0.4 is 10.1 Å². The van der Waals surface area contributed by atoms with E-state index >= 15 is 0 Å². The van der Waals surface area contributed by atoms with E-state index in [4.69, 9.17) is 9.47 Å². The van der Waals surface area contributed by atoms with Gasteiger partial charge in [-0.1, -0.05) is 0 Å². The molecular formula is C16H20N4O4. The minimum absolute atomic E-state index is 0.0852. The number of carbonyl (C=O) groups is 2. The molecule has 1 saturated heterocycles. The third-order valence-corrected chi connectivity index (χ3v) is 4.17. The Morgan fingerprint density at radius 1 is 1.42 bits per heavy atom. The van der Waals surface area contributed by atoms with Crippen LogP contribution >= 0.6 is 0 Å². The second-order valence-corrected chi connectivity index (χ2v) is 5.76. The van der Waals surface area contributed by atoms with Crippen molar-refractivity contribution in [3.8, 4) is 5.88 Å². The van der Waals surface area contributed by atoms with Crippen LogP contribution in [-0.4, -0.2) is 54.3 Å². The maximum absolute atomic E-state index is 12.4. The molecule has 24 heavy (non-hydrogen) atoms. The Morgan fingerprint density at radius 2 is 2.25 bits per heavy atom. The molecule has 0 saturated carbocycles. The Morgan fingerprint density at radius 3 is 2.92 bits per heavy atom. The zero-order valence-electron chi connectivity index (χ0n) is 13.7. The Balaban J connectivity index is 1.68. The highest BCUT2D eigenvalue weighted by atomic mass is 16.5. The highest BCUT2D eigenvalue weighted by molar-refractivity contribution is 6.39. The first-order chi connectivity index (χ1) is 11.6. The van der Waals surface area contributed by atoms with Crippen molar-refractivity contribution in [2.75, 3.05) is 20.8 Å². The zero-order chi connectivity index (χ0) is 17.1. The normalized spacial score (nSPS) is 23.8. The lowest BCUT2D eigenvalue weighted by molar-refractivity contribution is -0.130. The van der Waals surface area contributed by atoms with Crippen LogP contribution in [0.5, 0.6) is 5.88 Å². The molecule has 0 unspecified atom stereocenters. The van der Waals surface area contributed by atoms with Crippen LogP contribution in [0.2, 0.25) is 0 Å². The van der Waals surface area contributed by atoms with Crippen molar-refractivity contribution >= 4 is 17.5 Å². The molecule has 8 nitrogen and oxygen atoms in total. The molecule has 1 fully saturated rings. The van der Waals surface area contributed by atoms with E-state index < -0.39 is 0 Å². The van der Waals surface area contributed by atoms with Gasteiger partial charge in [-0.05, 0) is 12.5 Å². The molecule has 1 aromatic heterocycles. The molecular weight excluding hydrogens is 312 g/mol. The summed E-state index contributed by atoms with van der Waals surface area (Å²) in [7, 11) is 3.11. The van der Waals surface area contributed by atoms with Gasteiger partial charge >= 0.3 is 0 Å². The molecule has 1 N–H and O–H groups in total. The van der Waals surface area contributed by atoms with E-state index in [0.29, 0.717) is 37.5 Å². The van der Waals surface area contributed by atoms with Gasteiger partial charge in [0.25, 0.3) is 5.91 Å². The lowest BCUT2D eigenvalue weighted by Gasteiger charge is -2.23. The van der Waals surface area contributed by atoms with Crippen molar-refractivity contribution in [3.05, 3.63) is 23.9 Å². The van der Waals surface area contributed by atoms with Crippen LogP contribution in [0.25, 0.3) is 0 Å². The van der Waals surface area contributed by atoms with Gasteiger partial charge in [0.2, 0.25) is 11.8 Å². The van der Waals surface area contributed by atoms with Crippen molar-refractivity contribution in [1.29, 1.82) is 0 Å². The number of carbonyl (C=O) groups excluding carboxylic acids is 2. The number of nitrogens with one attached hydrogen (secondary N) is 1. The number of hydrogen-bond donors (Lipinski definition) is 1. The van der Waals surface area contributed by atoms with Gasteiger partial charge in [0.15, 0.2) is 0 Å². The molecule has 2 aliphatic rings. The quantitative estimate of drug-likeness (QED) is 0.873. The van der Waals surface area contributed by atoms with Crippen LogP contribution in [0.4, 0.5) is 0 Å². The number of aromatic nitrogens is 1. The molecule has 0 aromatic carbocycles. The molecule has 0 radical (unpaired) electrons. The largest absolute Gasteiger partial charge is 0.481 e. The van der Waals surface area contributed by atoms with Crippen molar-refractivity contribution in [2.45, 2.75) is 31.4 Å². The summed E-state index contributed by atoms with van der Waals surface area (Å²) in [6, 6.07) is 3.49. The van der Waals surface area contributed by atoms with Gasteiger partial charge in [0.05, 0.1) is 13.2 Å². The minimum Gasteiger partial charge on any atom is -0.481 e. The standard InChI is InChI=1S/C16H20N4O4/c1-20-14(21)6-4-12(19-20)16(22)18-11-7-8-24-15(11)10-3-5-13(23-2)17-9-10/h3,5,9,11,15H,4,6-8H2,1-2H3,(H,18,22)/t11-,15+/m0/s1. The number of hydrogen-bond acceptors (Lipinski definition) is 6. The number of amides is 2. The Kier molecular flexibility index (Phi) is 4.75. The molecule has 0 aliphatic carbocycles. The first-order valence-corrected chi connectivity index (χ1v) is 7.85. The van der Waals surface area contributed by atoms with E-state index in [9.17, 15) is 9.59 Å². The highest BCUT2D eigenvalue weighted by Gasteiger charge is 2.33. The van der Waals surface area contributed by atoms with E-state index in [1.165, 1.54) is 5.01 Å². The lowest BCUT2D eigenvalue weighted by Crippen LogP contribution is -2.43. The van der Waals surface area contributed by atoms with E-state index in [1.807, 2.05) is 6.07 Å². The van der Waals surface area contributed by atoms with Gasteiger partial charge in [-0.15, -0.1) is 0 Å². The first kappa shape index (κ1) is 16.4. The van der Waals surface area contributed by atoms with Gasteiger partial charge < -0.3 is 14.8 Å². The molecule has 3 rings (SSSR count). The number of hydrazone groups is 1. The Bertz CT molecular complexity index is 659.